The number of benzene rings is 2. The number of anilines is 2. The van der Waals surface area contributed by atoms with Crippen LogP contribution >= 0.6 is 11.6 Å². The predicted octanol–water partition coefficient (Wildman–Crippen LogP) is 3.62. The number of hydrogen-bond acceptors (Lipinski definition) is 2. The second kappa shape index (κ2) is 8.23. The molecular weight excluding hydrogens is 348 g/mol. The van der Waals surface area contributed by atoms with Gasteiger partial charge in [-0.1, -0.05) is 35.9 Å². The molecule has 26 heavy (non-hydrogen) atoms. The number of carbonyl (C=O) groups is 1. The largest absolute Gasteiger partial charge is 0.355 e. The fraction of sp³-hybridized carbons (Fsp3) is 0.300. The molecule has 0 bridgehead atoms. The third-order valence-corrected chi connectivity index (χ3v) is 4.70. The number of nitrogens with one attached hydrogen (secondary N) is 2. The lowest BCUT2D eigenvalue weighted by Gasteiger charge is -2.22. The summed E-state index contributed by atoms with van der Waals surface area (Å²) in [6, 6.07) is 13.9. The number of aliphatic imine (C=N–C) groups is 1. The normalized spacial score (nSPS) is 13.5. The molecule has 0 saturated heterocycles. The summed E-state index contributed by atoms with van der Waals surface area (Å²) in [6.45, 7) is 3.36. The molecule has 1 aliphatic rings. The molecule has 136 valence electrons. The number of para-hydroxylation sites is 1. The van der Waals surface area contributed by atoms with Crippen molar-refractivity contribution < 1.29 is 4.79 Å². The van der Waals surface area contributed by atoms with Crippen LogP contribution in [0.2, 0.25) is 5.02 Å². The van der Waals surface area contributed by atoms with Crippen LogP contribution in [0.3, 0.4) is 0 Å². The van der Waals surface area contributed by atoms with Crippen molar-refractivity contribution in [3.63, 3.8) is 0 Å². The molecule has 6 heteroatoms. The maximum atomic E-state index is 12.2. The van der Waals surface area contributed by atoms with Gasteiger partial charge in [-0.05, 0) is 42.7 Å². The smallest absolute Gasteiger partial charge is 0.226 e. The Labute approximate surface area is 159 Å². The molecule has 2 aromatic rings. The SMILES string of the molecule is CN=C(NCCC(=O)Nc1ccc(C)cc1Cl)N1CCc2ccccc21. The summed E-state index contributed by atoms with van der Waals surface area (Å²) in [7, 11) is 1.76. The summed E-state index contributed by atoms with van der Waals surface area (Å²) in [6.07, 6.45) is 1.34. The first-order valence-electron chi connectivity index (χ1n) is 8.70. The van der Waals surface area contributed by atoms with E-state index in [-0.39, 0.29) is 5.91 Å². The molecule has 0 radical (unpaired) electrons. The van der Waals surface area contributed by atoms with Crippen LogP contribution < -0.4 is 15.5 Å². The highest BCUT2D eigenvalue weighted by molar-refractivity contribution is 6.33. The molecule has 1 aliphatic heterocycles. The van der Waals surface area contributed by atoms with Crippen molar-refractivity contribution in [2.75, 3.05) is 30.4 Å². The Morgan fingerprint density at radius 3 is 2.85 bits per heavy atom. The molecular formula is C20H23ClN4O. The number of amides is 1. The minimum absolute atomic E-state index is 0.0828. The first-order chi connectivity index (χ1) is 12.6. The number of hydrogen-bond donors (Lipinski definition) is 2. The summed E-state index contributed by atoms with van der Waals surface area (Å²) in [5.41, 5.74) is 4.20. The summed E-state index contributed by atoms with van der Waals surface area (Å²) in [4.78, 5) is 18.7. The molecule has 0 spiro atoms. The van der Waals surface area contributed by atoms with E-state index in [4.69, 9.17) is 11.6 Å². The van der Waals surface area contributed by atoms with Crippen molar-refractivity contribution in [3.8, 4) is 0 Å². The number of aryl methyl sites for hydroxylation is 1. The van der Waals surface area contributed by atoms with Crippen LogP contribution in [0.15, 0.2) is 47.5 Å². The molecule has 1 heterocycles. The van der Waals surface area contributed by atoms with Crippen molar-refractivity contribution >= 4 is 34.8 Å². The van der Waals surface area contributed by atoms with Gasteiger partial charge in [0, 0.05) is 32.2 Å². The van der Waals surface area contributed by atoms with Crippen LogP contribution in [0.1, 0.15) is 17.5 Å². The van der Waals surface area contributed by atoms with Gasteiger partial charge < -0.3 is 15.5 Å². The lowest BCUT2D eigenvalue weighted by molar-refractivity contribution is -0.116. The summed E-state index contributed by atoms with van der Waals surface area (Å²) in [5.74, 6) is 0.705. The van der Waals surface area contributed by atoms with Gasteiger partial charge in [0.15, 0.2) is 5.96 Å². The Bertz CT molecular complexity index is 834. The van der Waals surface area contributed by atoms with Crippen molar-refractivity contribution in [3.05, 3.63) is 58.6 Å². The quantitative estimate of drug-likeness (QED) is 0.638. The third kappa shape index (κ3) is 4.17. The van der Waals surface area contributed by atoms with E-state index < -0.39 is 0 Å². The molecule has 1 amide bonds. The van der Waals surface area contributed by atoms with Gasteiger partial charge in [-0.2, -0.15) is 0 Å². The van der Waals surface area contributed by atoms with E-state index >= 15 is 0 Å². The number of guanidine groups is 1. The molecule has 0 fully saturated rings. The van der Waals surface area contributed by atoms with Gasteiger partial charge in [0.25, 0.3) is 0 Å². The predicted molar refractivity (Wildman–Crippen MR) is 108 cm³/mol. The van der Waals surface area contributed by atoms with Crippen LogP contribution in [0.4, 0.5) is 11.4 Å². The zero-order valence-corrected chi connectivity index (χ0v) is 15.8. The van der Waals surface area contributed by atoms with E-state index in [2.05, 4.69) is 38.7 Å². The Hall–Kier alpha value is -2.53. The molecule has 5 nitrogen and oxygen atoms in total. The van der Waals surface area contributed by atoms with E-state index in [1.165, 1.54) is 11.3 Å². The Balaban J connectivity index is 1.53. The number of fused-ring (bicyclic) bond motifs is 1. The molecule has 2 aromatic carbocycles. The molecule has 0 saturated carbocycles. The first-order valence-corrected chi connectivity index (χ1v) is 9.08. The second-order valence-corrected chi connectivity index (χ2v) is 6.69. The van der Waals surface area contributed by atoms with Gasteiger partial charge in [0.05, 0.1) is 10.7 Å². The molecule has 3 rings (SSSR count). The van der Waals surface area contributed by atoms with Crippen LogP contribution in [-0.4, -0.2) is 32.0 Å². The minimum atomic E-state index is -0.0828. The number of carbonyl (C=O) groups excluding carboxylic acids is 1. The third-order valence-electron chi connectivity index (χ3n) is 4.39. The highest BCUT2D eigenvalue weighted by Crippen LogP contribution is 2.27. The van der Waals surface area contributed by atoms with Crippen molar-refractivity contribution in [1.29, 1.82) is 0 Å². The molecule has 0 unspecified atom stereocenters. The molecule has 0 atom stereocenters. The first kappa shape index (κ1) is 18.3. The minimum Gasteiger partial charge on any atom is -0.355 e. The Morgan fingerprint density at radius 1 is 1.27 bits per heavy atom. The van der Waals surface area contributed by atoms with E-state index in [1.807, 2.05) is 31.2 Å². The van der Waals surface area contributed by atoms with Crippen LogP contribution in [-0.2, 0) is 11.2 Å². The van der Waals surface area contributed by atoms with Crippen LogP contribution in [0.5, 0.6) is 0 Å². The molecule has 0 aliphatic carbocycles. The van der Waals surface area contributed by atoms with Gasteiger partial charge in [0.2, 0.25) is 5.91 Å². The number of nitrogens with zero attached hydrogens (tertiary/aromatic N) is 2. The van der Waals surface area contributed by atoms with E-state index in [0.29, 0.717) is 23.7 Å². The van der Waals surface area contributed by atoms with Gasteiger partial charge in [-0.15, -0.1) is 0 Å². The fourth-order valence-electron chi connectivity index (χ4n) is 3.08. The topological polar surface area (TPSA) is 56.7 Å². The Kier molecular flexibility index (Phi) is 5.78. The standard InChI is InChI=1S/C20H23ClN4O/c1-14-7-8-17(16(21)13-14)24-19(26)9-11-23-20(22-2)25-12-10-15-5-3-4-6-18(15)25/h3-8,13H,9-12H2,1-2H3,(H,22,23)(H,24,26). The highest BCUT2D eigenvalue weighted by Gasteiger charge is 2.22. The molecule has 0 aromatic heterocycles. The maximum absolute atomic E-state index is 12.2. The average molecular weight is 371 g/mol. The average Bonchev–Trinajstić information content (AvgIpc) is 3.05. The second-order valence-electron chi connectivity index (χ2n) is 6.29. The number of halogens is 1. The maximum Gasteiger partial charge on any atom is 0.226 e. The molecule has 2 N–H and O–H groups in total. The number of rotatable bonds is 4. The lowest BCUT2D eigenvalue weighted by Crippen LogP contribution is -2.41. The van der Waals surface area contributed by atoms with E-state index in [9.17, 15) is 4.79 Å². The lowest BCUT2D eigenvalue weighted by atomic mass is 10.2. The van der Waals surface area contributed by atoms with Crippen molar-refractivity contribution in [2.24, 2.45) is 4.99 Å². The van der Waals surface area contributed by atoms with Gasteiger partial charge in [-0.3, -0.25) is 9.79 Å². The van der Waals surface area contributed by atoms with E-state index in [1.54, 1.807) is 7.05 Å². The monoisotopic (exact) mass is 370 g/mol. The zero-order chi connectivity index (χ0) is 18.5. The van der Waals surface area contributed by atoms with Crippen LogP contribution in [0.25, 0.3) is 0 Å². The van der Waals surface area contributed by atoms with Crippen molar-refractivity contribution in [2.45, 2.75) is 19.8 Å². The summed E-state index contributed by atoms with van der Waals surface area (Å²) in [5, 5.41) is 6.68. The zero-order valence-electron chi connectivity index (χ0n) is 15.1. The van der Waals surface area contributed by atoms with Gasteiger partial charge in [-0.25, -0.2) is 0 Å². The highest BCUT2D eigenvalue weighted by atomic mass is 35.5. The van der Waals surface area contributed by atoms with E-state index in [0.717, 1.165) is 24.5 Å². The van der Waals surface area contributed by atoms with Crippen molar-refractivity contribution in [1.82, 2.24) is 5.32 Å². The fourth-order valence-corrected chi connectivity index (χ4v) is 3.36. The summed E-state index contributed by atoms with van der Waals surface area (Å²) < 4.78 is 0. The Morgan fingerprint density at radius 2 is 2.08 bits per heavy atom. The van der Waals surface area contributed by atoms with Gasteiger partial charge >= 0.3 is 0 Å². The van der Waals surface area contributed by atoms with Gasteiger partial charge in [0.1, 0.15) is 0 Å². The van der Waals surface area contributed by atoms with Crippen LogP contribution in [0, 0.1) is 6.92 Å². The summed E-state index contributed by atoms with van der Waals surface area (Å²) >= 11 is 6.16.